The fourth-order valence-corrected chi connectivity index (χ4v) is 2.73. The van der Waals surface area contributed by atoms with Crippen LogP contribution in [0.1, 0.15) is 30.2 Å². The Morgan fingerprint density at radius 1 is 1.36 bits per heavy atom. The molecule has 0 saturated carbocycles. The van der Waals surface area contributed by atoms with E-state index in [0.717, 1.165) is 11.4 Å². The van der Waals surface area contributed by atoms with Gasteiger partial charge in [0.2, 0.25) is 5.76 Å². The van der Waals surface area contributed by atoms with Crippen molar-refractivity contribution >= 4 is 17.3 Å². The van der Waals surface area contributed by atoms with Gasteiger partial charge in [0.05, 0.1) is 18.8 Å². The Bertz CT molecular complexity index is 721. The molecule has 6 heteroatoms. The number of hydrogen-bond donors (Lipinski definition) is 2. The van der Waals surface area contributed by atoms with Crippen molar-refractivity contribution in [1.82, 2.24) is 0 Å². The molecule has 0 aliphatic carbocycles. The summed E-state index contributed by atoms with van der Waals surface area (Å²) in [4.78, 5) is 13.0. The first-order valence-corrected chi connectivity index (χ1v) is 7.00. The molecule has 116 valence electrons. The second-order valence-electron chi connectivity index (χ2n) is 5.98. The third-order valence-corrected chi connectivity index (χ3v) is 3.52. The Balaban J connectivity index is 1.94. The quantitative estimate of drug-likeness (QED) is 0.847. The van der Waals surface area contributed by atoms with E-state index in [1.807, 2.05) is 32.0 Å². The van der Waals surface area contributed by atoms with Crippen LogP contribution in [-0.4, -0.2) is 23.2 Å². The second kappa shape index (κ2) is 4.98. The maximum absolute atomic E-state index is 10.9. The summed E-state index contributed by atoms with van der Waals surface area (Å²) in [6, 6.07) is 8.68. The van der Waals surface area contributed by atoms with Crippen LogP contribution in [0.2, 0.25) is 0 Å². The van der Waals surface area contributed by atoms with E-state index in [0.29, 0.717) is 24.5 Å². The molecule has 0 unspecified atom stereocenters. The van der Waals surface area contributed by atoms with Crippen molar-refractivity contribution in [3.05, 3.63) is 41.9 Å². The molecule has 0 atom stereocenters. The van der Waals surface area contributed by atoms with Gasteiger partial charge in [0.1, 0.15) is 22.8 Å². The largest absolute Gasteiger partial charge is 0.484 e. The molecule has 3 N–H and O–H groups in total. The predicted molar refractivity (Wildman–Crippen MR) is 82.3 cm³/mol. The van der Waals surface area contributed by atoms with Crippen LogP contribution in [0, 0.1) is 0 Å². The van der Waals surface area contributed by atoms with Crippen LogP contribution < -0.4 is 15.4 Å². The smallest absolute Gasteiger partial charge is 0.371 e. The molecule has 0 spiro atoms. The molecule has 1 aliphatic rings. The molecule has 2 aromatic rings. The van der Waals surface area contributed by atoms with E-state index >= 15 is 0 Å². The summed E-state index contributed by atoms with van der Waals surface area (Å²) in [5.74, 6) is 0.155. The molecular weight excluding hydrogens is 284 g/mol. The molecule has 22 heavy (non-hydrogen) atoms. The highest BCUT2D eigenvalue weighted by Gasteiger charge is 2.33. The van der Waals surface area contributed by atoms with Crippen molar-refractivity contribution in [2.24, 2.45) is 0 Å². The number of para-hydroxylation sites is 1. The number of carbonyl (C=O) groups is 1. The van der Waals surface area contributed by atoms with Crippen molar-refractivity contribution in [1.29, 1.82) is 0 Å². The number of anilines is 2. The fourth-order valence-electron chi connectivity index (χ4n) is 2.73. The van der Waals surface area contributed by atoms with Gasteiger partial charge in [-0.1, -0.05) is 6.07 Å². The lowest BCUT2D eigenvalue weighted by molar-refractivity contribution is 0.0659. The molecule has 1 aliphatic heterocycles. The van der Waals surface area contributed by atoms with Crippen LogP contribution in [0.4, 0.5) is 11.4 Å². The van der Waals surface area contributed by atoms with Gasteiger partial charge in [0.15, 0.2) is 0 Å². The van der Waals surface area contributed by atoms with E-state index in [1.54, 1.807) is 6.07 Å². The zero-order valence-corrected chi connectivity index (χ0v) is 12.5. The predicted octanol–water partition coefficient (Wildman–Crippen LogP) is 2.74. The first-order valence-electron chi connectivity index (χ1n) is 7.00. The first kappa shape index (κ1) is 14.3. The summed E-state index contributed by atoms with van der Waals surface area (Å²) < 4.78 is 11.3. The summed E-state index contributed by atoms with van der Waals surface area (Å²) in [6.45, 7) is 5.05. The molecule has 0 bridgehead atoms. The number of hydrogen-bond acceptors (Lipinski definition) is 5. The number of carboxylic acids is 1. The van der Waals surface area contributed by atoms with Crippen molar-refractivity contribution in [3.63, 3.8) is 0 Å². The highest BCUT2D eigenvalue weighted by atomic mass is 16.5. The lowest BCUT2D eigenvalue weighted by Gasteiger charge is -2.41. The first-order chi connectivity index (χ1) is 10.4. The van der Waals surface area contributed by atoms with E-state index in [1.165, 1.54) is 6.07 Å². The zero-order valence-electron chi connectivity index (χ0n) is 12.5. The molecule has 1 aromatic carbocycles. The Kier molecular flexibility index (Phi) is 3.24. The number of fused-ring (bicyclic) bond motifs is 1. The van der Waals surface area contributed by atoms with Gasteiger partial charge in [-0.2, -0.15) is 0 Å². The highest BCUT2D eigenvalue weighted by Crippen LogP contribution is 2.41. The topological polar surface area (TPSA) is 88.9 Å². The Morgan fingerprint density at radius 3 is 2.82 bits per heavy atom. The minimum atomic E-state index is -1.08. The molecule has 0 amide bonds. The summed E-state index contributed by atoms with van der Waals surface area (Å²) in [5.41, 5.74) is 7.15. The third kappa shape index (κ3) is 2.59. The van der Waals surface area contributed by atoms with Crippen LogP contribution in [0.25, 0.3) is 0 Å². The number of furan rings is 1. The number of benzene rings is 1. The van der Waals surface area contributed by atoms with Crippen molar-refractivity contribution < 1.29 is 19.1 Å². The number of ether oxygens (including phenoxy) is 1. The van der Waals surface area contributed by atoms with Gasteiger partial charge < -0.3 is 24.9 Å². The number of nitrogen functional groups attached to an aromatic ring is 1. The van der Waals surface area contributed by atoms with Gasteiger partial charge in [-0.05, 0) is 38.1 Å². The van der Waals surface area contributed by atoms with E-state index < -0.39 is 5.97 Å². The summed E-state index contributed by atoms with van der Waals surface area (Å²) in [7, 11) is 0. The van der Waals surface area contributed by atoms with Crippen LogP contribution in [-0.2, 0) is 6.54 Å². The molecule has 6 nitrogen and oxygen atoms in total. The van der Waals surface area contributed by atoms with E-state index in [4.69, 9.17) is 20.0 Å². The van der Waals surface area contributed by atoms with Crippen LogP contribution in [0.3, 0.4) is 0 Å². The number of carboxylic acid groups (broad SMARTS) is 1. The number of aromatic carboxylic acids is 1. The molecule has 2 heterocycles. The Labute approximate surface area is 128 Å². The van der Waals surface area contributed by atoms with E-state index in [-0.39, 0.29) is 11.4 Å². The second-order valence-corrected chi connectivity index (χ2v) is 5.98. The van der Waals surface area contributed by atoms with Crippen molar-refractivity contribution in [3.8, 4) is 5.75 Å². The van der Waals surface area contributed by atoms with Gasteiger partial charge in [0.25, 0.3) is 0 Å². The normalized spacial score (nSPS) is 16.0. The van der Waals surface area contributed by atoms with E-state index in [2.05, 4.69) is 4.90 Å². The lowest BCUT2D eigenvalue weighted by Crippen LogP contribution is -2.46. The maximum Gasteiger partial charge on any atom is 0.371 e. The molecule has 0 radical (unpaired) electrons. The Morgan fingerprint density at radius 2 is 2.14 bits per heavy atom. The summed E-state index contributed by atoms with van der Waals surface area (Å²) >= 11 is 0. The number of nitrogens with zero attached hydrogens (tertiary/aromatic N) is 1. The van der Waals surface area contributed by atoms with Gasteiger partial charge in [-0.3, -0.25) is 0 Å². The standard InChI is InChI=1S/C16H18N2O4/c1-16(2)9-18(8-10-6-7-13(21-10)15(19)20)14-11(17)4-3-5-12(14)22-16/h3-7H,8-9,17H2,1-2H3,(H,19,20). The van der Waals surface area contributed by atoms with E-state index in [9.17, 15) is 4.79 Å². The van der Waals surface area contributed by atoms with Crippen LogP contribution >= 0.6 is 0 Å². The van der Waals surface area contributed by atoms with Crippen LogP contribution in [0.5, 0.6) is 5.75 Å². The highest BCUT2D eigenvalue weighted by molar-refractivity contribution is 5.84. The zero-order chi connectivity index (χ0) is 15.9. The minimum Gasteiger partial charge on any atom is -0.484 e. The Hall–Kier alpha value is -2.63. The van der Waals surface area contributed by atoms with Gasteiger partial charge in [-0.25, -0.2) is 4.79 Å². The molecule has 1 aromatic heterocycles. The van der Waals surface area contributed by atoms with Gasteiger partial charge in [0, 0.05) is 0 Å². The minimum absolute atomic E-state index is 0.0659. The summed E-state index contributed by atoms with van der Waals surface area (Å²) in [5, 5.41) is 8.94. The average molecular weight is 302 g/mol. The maximum atomic E-state index is 10.9. The van der Waals surface area contributed by atoms with Gasteiger partial charge >= 0.3 is 5.97 Å². The SMILES string of the molecule is CC1(C)CN(Cc2ccc(C(=O)O)o2)c2c(N)cccc2O1. The molecule has 0 fully saturated rings. The molecule has 3 rings (SSSR count). The lowest BCUT2D eigenvalue weighted by atomic mass is 10.0. The average Bonchev–Trinajstić information content (AvgIpc) is 2.85. The molecule has 0 saturated heterocycles. The third-order valence-electron chi connectivity index (χ3n) is 3.52. The monoisotopic (exact) mass is 302 g/mol. The van der Waals surface area contributed by atoms with Crippen molar-refractivity contribution in [2.75, 3.05) is 17.2 Å². The fraction of sp³-hybridized carbons (Fsp3) is 0.312. The number of nitrogens with two attached hydrogens (primary N) is 1. The van der Waals surface area contributed by atoms with Crippen LogP contribution in [0.15, 0.2) is 34.7 Å². The molecular formula is C16H18N2O4. The van der Waals surface area contributed by atoms with Crippen molar-refractivity contribution in [2.45, 2.75) is 26.0 Å². The summed E-state index contributed by atoms with van der Waals surface area (Å²) in [6.07, 6.45) is 0. The number of rotatable bonds is 3. The van der Waals surface area contributed by atoms with Gasteiger partial charge in [-0.15, -0.1) is 0 Å².